The van der Waals surface area contributed by atoms with Crippen molar-refractivity contribution in [1.82, 2.24) is 0 Å². The number of hydrogen-bond acceptors (Lipinski definition) is 5. The molecule has 1 aromatic rings. The molecule has 0 fully saturated rings. The van der Waals surface area contributed by atoms with Crippen LogP contribution in [0.15, 0.2) is 18.2 Å². The van der Waals surface area contributed by atoms with Crippen LogP contribution in [-0.4, -0.2) is 33.6 Å². The second-order valence-corrected chi connectivity index (χ2v) is 11.4. The quantitative estimate of drug-likeness (QED) is 0.327. The van der Waals surface area contributed by atoms with Crippen LogP contribution in [0.25, 0.3) is 0 Å². The van der Waals surface area contributed by atoms with Gasteiger partial charge < -0.3 is 13.9 Å². The number of nitro benzene ring substituents is 1. The molecule has 1 aromatic carbocycles. The molecule has 0 atom stereocenters. The number of methoxy groups -OCH3 is 1. The summed E-state index contributed by atoms with van der Waals surface area (Å²) in [5.41, 5.74) is -0.0262. The standard InChI is InChI=1S/C15H25NO5Si/c1-15(2,3)22(5,6)21-10-9-20-13-8-7-12(16(17)18)11-14(13)19-4/h7-8,11H,9-10H2,1-6H3. The Morgan fingerprint density at radius 1 is 1.18 bits per heavy atom. The van der Waals surface area contributed by atoms with E-state index in [9.17, 15) is 10.1 Å². The molecule has 0 unspecified atom stereocenters. The van der Waals surface area contributed by atoms with E-state index in [1.807, 2.05) is 0 Å². The van der Waals surface area contributed by atoms with Crippen LogP contribution in [-0.2, 0) is 4.43 Å². The molecule has 0 N–H and O–H groups in total. The van der Waals surface area contributed by atoms with Gasteiger partial charge in [0.1, 0.15) is 6.61 Å². The highest BCUT2D eigenvalue weighted by Crippen LogP contribution is 2.36. The van der Waals surface area contributed by atoms with Crippen molar-refractivity contribution >= 4 is 14.0 Å². The van der Waals surface area contributed by atoms with Crippen LogP contribution in [0.1, 0.15) is 20.8 Å². The first-order valence-electron chi connectivity index (χ1n) is 7.17. The van der Waals surface area contributed by atoms with Crippen LogP contribution < -0.4 is 9.47 Å². The van der Waals surface area contributed by atoms with Crippen molar-refractivity contribution in [3.63, 3.8) is 0 Å². The number of benzene rings is 1. The normalized spacial score (nSPS) is 12.1. The lowest BCUT2D eigenvalue weighted by Gasteiger charge is -2.36. The van der Waals surface area contributed by atoms with E-state index in [0.29, 0.717) is 24.7 Å². The van der Waals surface area contributed by atoms with Crippen molar-refractivity contribution in [2.45, 2.75) is 38.9 Å². The molecule has 22 heavy (non-hydrogen) atoms. The molecule has 0 amide bonds. The lowest BCUT2D eigenvalue weighted by atomic mass is 10.2. The Morgan fingerprint density at radius 3 is 2.32 bits per heavy atom. The number of nitrogens with zero attached hydrogens (tertiary/aromatic N) is 1. The zero-order valence-corrected chi connectivity index (χ0v) is 15.1. The largest absolute Gasteiger partial charge is 0.493 e. The molecule has 0 aliphatic rings. The molecular weight excluding hydrogens is 302 g/mol. The van der Waals surface area contributed by atoms with Crippen LogP contribution in [0.2, 0.25) is 18.1 Å². The molecule has 0 heterocycles. The Labute approximate surface area is 132 Å². The van der Waals surface area contributed by atoms with Crippen molar-refractivity contribution in [3.8, 4) is 11.5 Å². The molecule has 0 bridgehead atoms. The lowest BCUT2D eigenvalue weighted by molar-refractivity contribution is -0.384. The number of hydrogen-bond donors (Lipinski definition) is 0. The highest BCUT2D eigenvalue weighted by Gasteiger charge is 2.36. The van der Waals surface area contributed by atoms with Crippen molar-refractivity contribution in [2.24, 2.45) is 0 Å². The smallest absolute Gasteiger partial charge is 0.273 e. The van der Waals surface area contributed by atoms with Gasteiger partial charge in [0.05, 0.1) is 24.7 Å². The summed E-state index contributed by atoms with van der Waals surface area (Å²) < 4.78 is 16.8. The van der Waals surface area contributed by atoms with Crippen LogP contribution >= 0.6 is 0 Å². The monoisotopic (exact) mass is 327 g/mol. The first-order valence-corrected chi connectivity index (χ1v) is 10.1. The Morgan fingerprint density at radius 2 is 1.82 bits per heavy atom. The first-order chi connectivity index (χ1) is 10.1. The third-order valence-electron chi connectivity index (χ3n) is 3.97. The van der Waals surface area contributed by atoms with Gasteiger partial charge in [-0.15, -0.1) is 0 Å². The Hall–Kier alpha value is -1.60. The van der Waals surface area contributed by atoms with E-state index in [1.165, 1.54) is 19.2 Å². The van der Waals surface area contributed by atoms with E-state index in [0.717, 1.165) is 0 Å². The van der Waals surface area contributed by atoms with Gasteiger partial charge in [0.15, 0.2) is 19.8 Å². The minimum Gasteiger partial charge on any atom is -0.493 e. The van der Waals surface area contributed by atoms with E-state index in [-0.39, 0.29) is 10.7 Å². The highest BCUT2D eigenvalue weighted by atomic mass is 28.4. The van der Waals surface area contributed by atoms with Gasteiger partial charge in [-0.1, -0.05) is 20.8 Å². The maximum atomic E-state index is 10.7. The van der Waals surface area contributed by atoms with Gasteiger partial charge in [0.2, 0.25) is 0 Å². The number of rotatable bonds is 7. The van der Waals surface area contributed by atoms with Crippen molar-refractivity contribution in [2.75, 3.05) is 20.3 Å². The maximum absolute atomic E-state index is 10.7. The molecule has 0 aliphatic heterocycles. The van der Waals surface area contributed by atoms with Crippen molar-refractivity contribution in [1.29, 1.82) is 0 Å². The third kappa shape index (κ3) is 4.71. The van der Waals surface area contributed by atoms with Crippen LogP contribution in [0.3, 0.4) is 0 Å². The summed E-state index contributed by atoms with van der Waals surface area (Å²) >= 11 is 0. The minimum atomic E-state index is -1.79. The summed E-state index contributed by atoms with van der Waals surface area (Å²) in [5.74, 6) is 0.827. The zero-order valence-electron chi connectivity index (χ0n) is 14.1. The maximum Gasteiger partial charge on any atom is 0.273 e. The second-order valence-electron chi connectivity index (χ2n) is 6.55. The second kappa shape index (κ2) is 7.10. The Bertz CT molecular complexity index is 525. The predicted octanol–water partition coefficient (Wildman–Crippen LogP) is 4.00. The van der Waals surface area contributed by atoms with Gasteiger partial charge in [0.25, 0.3) is 5.69 Å². The van der Waals surface area contributed by atoms with Gasteiger partial charge >= 0.3 is 0 Å². The predicted molar refractivity (Wildman–Crippen MR) is 88.3 cm³/mol. The van der Waals surface area contributed by atoms with Gasteiger partial charge in [-0.05, 0) is 24.2 Å². The van der Waals surface area contributed by atoms with E-state index in [4.69, 9.17) is 13.9 Å². The molecule has 0 aliphatic carbocycles. The zero-order chi connectivity index (χ0) is 17.0. The van der Waals surface area contributed by atoms with E-state index >= 15 is 0 Å². The summed E-state index contributed by atoms with van der Waals surface area (Å²) in [6, 6.07) is 4.29. The fourth-order valence-electron chi connectivity index (χ4n) is 1.55. The average molecular weight is 327 g/mol. The number of nitro groups is 1. The SMILES string of the molecule is COc1cc([N+](=O)[O-])ccc1OCCO[Si](C)(C)C(C)(C)C. The summed E-state index contributed by atoms with van der Waals surface area (Å²) in [4.78, 5) is 10.3. The van der Waals surface area contributed by atoms with E-state index in [2.05, 4.69) is 33.9 Å². The molecule has 0 aromatic heterocycles. The molecule has 7 heteroatoms. The molecule has 0 spiro atoms. The van der Waals surface area contributed by atoms with E-state index in [1.54, 1.807) is 6.07 Å². The number of ether oxygens (including phenoxy) is 2. The molecule has 124 valence electrons. The van der Waals surface area contributed by atoms with Crippen molar-refractivity contribution in [3.05, 3.63) is 28.3 Å². The van der Waals surface area contributed by atoms with Crippen LogP contribution in [0, 0.1) is 10.1 Å². The third-order valence-corrected chi connectivity index (χ3v) is 8.51. The summed E-state index contributed by atoms with van der Waals surface area (Å²) in [5, 5.41) is 10.9. The average Bonchev–Trinajstić information content (AvgIpc) is 2.42. The van der Waals surface area contributed by atoms with Crippen LogP contribution in [0.5, 0.6) is 11.5 Å². The molecule has 0 radical (unpaired) electrons. The Balaban J connectivity index is 2.61. The van der Waals surface area contributed by atoms with Gasteiger partial charge in [0, 0.05) is 6.07 Å². The fourth-order valence-corrected chi connectivity index (χ4v) is 2.58. The van der Waals surface area contributed by atoms with Crippen LogP contribution in [0.4, 0.5) is 5.69 Å². The number of non-ortho nitro benzene ring substituents is 1. The fraction of sp³-hybridized carbons (Fsp3) is 0.600. The highest BCUT2D eigenvalue weighted by molar-refractivity contribution is 6.74. The van der Waals surface area contributed by atoms with Crippen molar-refractivity contribution < 1.29 is 18.8 Å². The van der Waals surface area contributed by atoms with Gasteiger partial charge in [-0.3, -0.25) is 10.1 Å². The first kappa shape index (κ1) is 18.4. The molecule has 6 nitrogen and oxygen atoms in total. The minimum absolute atomic E-state index is 0.0262. The molecule has 0 saturated heterocycles. The summed E-state index contributed by atoms with van der Waals surface area (Å²) in [6.45, 7) is 11.8. The topological polar surface area (TPSA) is 70.8 Å². The van der Waals surface area contributed by atoms with Gasteiger partial charge in [-0.25, -0.2) is 0 Å². The van der Waals surface area contributed by atoms with Gasteiger partial charge in [-0.2, -0.15) is 0 Å². The molecule has 0 saturated carbocycles. The van der Waals surface area contributed by atoms with E-state index < -0.39 is 13.2 Å². The summed E-state index contributed by atoms with van der Waals surface area (Å²) in [7, 11) is -0.333. The molecular formula is C15H25NO5Si. The summed E-state index contributed by atoms with van der Waals surface area (Å²) in [6.07, 6.45) is 0. The lowest BCUT2D eigenvalue weighted by Crippen LogP contribution is -2.41. The molecule has 1 rings (SSSR count). The Kier molecular flexibility index (Phi) is 5.96.